The molecule has 0 amide bonds. The summed E-state index contributed by atoms with van der Waals surface area (Å²) in [7, 11) is 0. The monoisotopic (exact) mass is 323 g/mol. The number of hydrogen-bond acceptors (Lipinski definition) is 2. The van der Waals surface area contributed by atoms with Gasteiger partial charge in [0.25, 0.3) is 0 Å². The molecule has 1 atom stereocenters. The molecule has 0 saturated heterocycles. The highest BCUT2D eigenvalue weighted by molar-refractivity contribution is 7.99. The van der Waals surface area contributed by atoms with Crippen molar-refractivity contribution in [2.45, 2.75) is 23.9 Å². The van der Waals surface area contributed by atoms with E-state index in [4.69, 9.17) is 23.2 Å². The number of hydrogen-bond donors (Lipinski definition) is 1. The van der Waals surface area contributed by atoms with Crippen LogP contribution in [0.1, 0.15) is 23.6 Å². The predicted molar refractivity (Wildman–Crippen MR) is 87.8 cm³/mol. The lowest BCUT2D eigenvalue weighted by molar-refractivity contribution is 0.510. The van der Waals surface area contributed by atoms with Gasteiger partial charge in [0.15, 0.2) is 0 Å². The maximum Gasteiger partial charge on any atom is 0.0637 e. The summed E-state index contributed by atoms with van der Waals surface area (Å²) in [5.74, 6) is 1.15. The maximum atomic E-state index is 6.24. The van der Waals surface area contributed by atoms with Crippen LogP contribution in [0.15, 0.2) is 47.4 Å². The number of rotatable bonds is 3. The van der Waals surface area contributed by atoms with Crippen LogP contribution < -0.4 is 5.32 Å². The normalized spacial score (nSPS) is 17.8. The number of thioether (sulfide) groups is 1. The summed E-state index contributed by atoms with van der Waals surface area (Å²) in [4.78, 5) is 1.38. The van der Waals surface area contributed by atoms with E-state index in [1.807, 2.05) is 30.0 Å². The number of halogens is 2. The molecular weight excluding hydrogens is 309 g/mol. The van der Waals surface area contributed by atoms with Crippen LogP contribution in [0.4, 0.5) is 0 Å². The first kappa shape index (κ1) is 14.3. The summed E-state index contributed by atoms with van der Waals surface area (Å²) in [6.45, 7) is 0.739. The second-order valence-corrected chi connectivity index (χ2v) is 6.74. The van der Waals surface area contributed by atoms with Crippen LogP contribution in [0.3, 0.4) is 0 Å². The fourth-order valence-electron chi connectivity index (χ4n) is 2.47. The van der Waals surface area contributed by atoms with Gasteiger partial charge in [-0.3, -0.25) is 0 Å². The molecule has 0 aliphatic carbocycles. The van der Waals surface area contributed by atoms with Gasteiger partial charge in [0.1, 0.15) is 0 Å². The van der Waals surface area contributed by atoms with Crippen LogP contribution in [-0.4, -0.2) is 5.75 Å². The highest BCUT2D eigenvalue weighted by Gasteiger charge is 2.19. The minimum atomic E-state index is 0.391. The van der Waals surface area contributed by atoms with Crippen LogP contribution in [0, 0.1) is 0 Å². The van der Waals surface area contributed by atoms with Gasteiger partial charge in [-0.25, -0.2) is 0 Å². The number of fused-ring (bicyclic) bond motifs is 1. The van der Waals surface area contributed by atoms with Gasteiger partial charge in [-0.15, -0.1) is 11.8 Å². The van der Waals surface area contributed by atoms with Gasteiger partial charge in [0.05, 0.1) is 10.0 Å². The second kappa shape index (κ2) is 6.40. The molecule has 3 rings (SSSR count). The lowest BCUT2D eigenvalue weighted by atomic mass is 10.0. The van der Waals surface area contributed by atoms with E-state index in [1.165, 1.54) is 10.5 Å². The highest BCUT2D eigenvalue weighted by Crippen LogP contribution is 2.36. The molecule has 2 aromatic carbocycles. The zero-order valence-corrected chi connectivity index (χ0v) is 13.2. The van der Waals surface area contributed by atoms with Crippen molar-refractivity contribution < 1.29 is 0 Å². The summed E-state index contributed by atoms with van der Waals surface area (Å²) >= 11 is 14.2. The third-order valence-electron chi connectivity index (χ3n) is 3.53. The van der Waals surface area contributed by atoms with Crippen molar-refractivity contribution in [3.05, 3.63) is 63.6 Å². The van der Waals surface area contributed by atoms with E-state index in [2.05, 4.69) is 29.6 Å². The van der Waals surface area contributed by atoms with Crippen molar-refractivity contribution in [3.8, 4) is 0 Å². The fraction of sp³-hybridized carbons (Fsp3) is 0.250. The summed E-state index contributed by atoms with van der Waals surface area (Å²) in [5, 5.41) is 4.87. The molecule has 1 aliphatic rings. The Morgan fingerprint density at radius 3 is 2.85 bits per heavy atom. The minimum absolute atomic E-state index is 0.391. The Balaban J connectivity index is 1.75. The third kappa shape index (κ3) is 2.99. The summed E-state index contributed by atoms with van der Waals surface area (Å²) in [6, 6.07) is 14.8. The van der Waals surface area contributed by atoms with Gasteiger partial charge in [-0.05, 0) is 35.4 Å². The second-order valence-electron chi connectivity index (χ2n) is 4.82. The van der Waals surface area contributed by atoms with Crippen LogP contribution >= 0.6 is 35.0 Å². The molecular formula is C16H15Cl2NS. The summed E-state index contributed by atoms with van der Waals surface area (Å²) in [6.07, 6.45) is 1.14. The van der Waals surface area contributed by atoms with Gasteiger partial charge in [-0.1, -0.05) is 53.5 Å². The lowest BCUT2D eigenvalue weighted by Gasteiger charge is -2.26. The number of nitrogens with one attached hydrogen (secondary N) is 1. The molecule has 1 heterocycles. The Morgan fingerprint density at radius 2 is 1.95 bits per heavy atom. The number of benzene rings is 2. The first-order valence-electron chi connectivity index (χ1n) is 6.63. The average Bonchev–Trinajstić information content (AvgIpc) is 2.49. The van der Waals surface area contributed by atoms with Crippen molar-refractivity contribution >= 4 is 35.0 Å². The van der Waals surface area contributed by atoms with Gasteiger partial charge >= 0.3 is 0 Å². The lowest BCUT2D eigenvalue weighted by Crippen LogP contribution is -2.24. The van der Waals surface area contributed by atoms with E-state index in [0.29, 0.717) is 16.1 Å². The van der Waals surface area contributed by atoms with Crippen molar-refractivity contribution in [3.63, 3.8) is 0 Å². The Bertz CT molecular complexity index is 615. The molecule has 1 nitrogen and oxygen atoms in total. The molecule has 20 heavy (non-hydrogen) atoms. The Labute approximate surface area is 133 Å². The highest BCUT2D eigenvalue weighted by atomic mass is 35.5. The van der Waals surface area contributed by atoms with Gasteiger partial charge in [0.2, 0.25) is 0 Å². The van der Waals surface area contributed by atoms with Crippen LogP contribution in [0.5, 0.6) is 0 Å². The quantitative estimate of drug-likeness (QED) is 0.820. The Morgan fingerprint density at radius 1 is 1.10 bits per heavy atom. The predicted octanol–water partition coefficient (Wildman–Crippen LogP) is 5.32. The fourth-order valence-corrected chi connectivity index (χ4v) is 3.98. The smallest absolute Gasteiger partial charge is 0.0637 e. The van der Waals surface area contributed by atoms with E-state index in [1.54, 1.807) is 0 Å². The van der Waals surface area contributed by atoms with Gasteiger partial charge < -0.3 is 5.32 Å². The van der Waals surface area contributed by atoms with E-state index >= 15 is 0 Å². The Hall–Kier alpha value is -0.670. The molecule has 4 heteroatoms. The largest absolute Gasteiger partial charge is 0.306 e. The zero-order chi connectivity index (χ0) is 13.9. The zero-order valence-electron chi connectivity index (χ0n) is 10.9. The molecule has 1 aliphatic heterocycles. The van der Waals surface area contributed by atoms with Crippen molar-refractivity contribution in [2.24, 2.45) is 0 Å². The van der Waals surface area contributed by atoms with Crippen molar-refractivity contribution in [2.75, 3.05) is 5.75 Å². The molecule has 0 spiro atoms. The van der Waals surface area contributed by atoms with Crippen LogP contribution in [0.2, 0.25) is 10.0 Å². The van der Waals surface area contributed by atoms with E-state index in [0.717, 1.165) is 24.3 Å². The third-order valence-corrected chi connectivity index (χ3v) is 5.51. The molecule has 0 radical (unpaired) electrons. The first-order valence-corrected chi connectivity index (χ1v) is 8.38. The first-order chi connectivity index (χ1) is 9.75. The molecule has 0 aromatic heterocycles. The standard InChI is InChI=1S/C16H15Cl2NS/c17-13-6-3-4-11(16(13)18)10-19-14-8-9-20-15-7-2-1-5-12(14)15/h1-7,14,19H,8-10H2. The summed E-state index contributed by atoms with van der Waals surface area (Å²) in [5.41, 5.74) is 2.44. The topological polar surface area (TPSA) is 12.0 Å². The van der Waals surface area contributed by atoms with E-state index < -0.39 is 0 Å². The molecule has 2 aromatic rings. The molecule has 104 valence electrons. The van der Waals surface area contributed by atoms with Crippen LogP contribution in [0.25, 0.3) is 0 Å². The molecule has 1 N–H and O–H groups in total. The van der Waals surface area contributed by atoms with Gasteiger partial charge in [0, 0.05) is 17.5 Å². The maximum absolute atomic E-state index is 6.24. The van der Waals surface area contributed by atoms with E-state index in [-0.39, 0.29) is 0 Å². The SMILES string of the molecule is Clc1cccc(CNC2CCSc3ccccc32)c1Cl. The van der Waals surface area contributed by atoms with Crippen molar-refractivity contribution in [1.82, 2.24) is 5.32 Å². The molecule has 0 saturated carbocycles. The van der Waals surface area contributed by atoms with Crippen LogP contribution in [-0.2, 0) is 6.54 Å². The van der Waals surface area contributed by atoms with Gasteiger partial charge in [-0.2, -0.15) is 0 Å². The average molecular weight is 324 g/mol. The summed E-state index contributed by atoms with van der Waals surface area (Å²) < 4.78 is 0. The Kier molecular flexibility index (Phi) is 4.57. The van der Waals surface area contributed by atoms with Crippen molar-refractivity contribution in [1.29, 1.82) is 0 Å². The molecule has 0 fully saturated rings. The molecule has 1 unspecified atom stereocenters. The molecule has 0 bridgehead atoms. The minimum Gasteiger partial charge on any atom is -0.306 e. The van der Waals surface area contributed by atoms with E-state index in [9.17, 15) is 0 Å².